The zero-order valence-corrected chi connectivity index (χ0v) is 25.6. The van der Waals surface area contributed by atoms with E-state index >= 15 is 4.39 Å². The first-order valence-electron chi connectivity index (χ1n) is 14.9. The highest BCUT2D eigenvalue weighted by atomic mass is 19.1. The number of carbonyl (C=O) groups is 1. The summed E-state index contributed by atoms with van der Waals surface area (Å²) in [7, 11) is 5.48. The molecule has 4 atom stereocenters. The largest absolute Gasteiger partial charge is 0.477 e. The standard InChI is InChI=1S/C32H36F2N6O5/c1-18-5-6-20(17-45-31-29(34)27(44-4)9-10-35-31)40(18)26-12-25-22(11-24(26)33)30(41)23(32(42)43)16-39(25)19-7-8-28(36-13-19)38-14-21(15-38)37(2)3/h7-13,16,18,20-21,27,29H,5-6,14-15,17H2,1-4H3,(H,42,43)/t18-,20-,27?,29?/m1/s1. The molecule has 0 radical (unpaired) electrons. The molecule has 2 saturated heterocycles. The van der Waals surface area contributed by atoms with E-state index in [1.807, 2.05) is 32.0 Å². The second kappa shape index (κ2) is 12.2. The summed E-state index contributed by atoms with van der Waals surface area (Å²) in [6.07, 6.45) is 4.86. The van der Waals surface area contributed by atoms with Crippen LogP contribution < -0.4 is 15.2 Å². The van der Waals surface area contributed by atoms with Crippen molar-refractivity contribution in [3.05, 3.63) is 70.5 Å². The number of carboxylic acid groups (broad SMARTS) is 1. The van der Waals surface area contributed by atoms with E-state index in [0.29, 0.717) is 23.7 Å². The zero-order valence-electron chi connectivity index (χ0n) is 25.6. The second-order valence-electron chi connectivity index (χ2n) is 12.0. The first-order valence-corrected chi connectivity index (χ1v) is 14.9. The number of anilines is 2. The Morgan fingerprint density at radius 3 is 2.64 bits per heavy atom. The SMILES string of the molecule is COC1C=CN=C(OC[C@H]2CC[C@@H](C)N2c2cc3c(cc2F)c(=O)c(C(=O)O)cn3-c2ccc(N3CC(N(C)C)C3)nc2)C1F. The predicted octanol–water partition coefficient (Wildman–Crippen LogP) is 3.63. The topological polar surface area (TPSA) is 113 Å². The van der Waals surface area contributed by atoms with Gasteiger partial charge in [0.15, 0.2) is 0 Å². The predicted molar refractivity (Wildman–Crippen MR) is 167 cm³/mol. The molecular formula is C32H36F2N6O5. The van der Waals surface area contributed by atoms with Crippen molar-refractivity contribution in [2.75, 3.05) is 50.7 Å². The van der Waals surface area contributed by atoms with Crippen molar-refractivity contribution < 1.29 is 28.2 Å². The Morgan fingerprint density at radius 1 is 1.20 bits per heavy atom. The monoisotopic (exact) mass is 622 g/mol. The van der Waals surface area contributed by atoms with E-state index in [2.05, 4.69) is 19.8 Å². The molecule has 6 rings (SSSR count). The van der Waals surface area contributed by atoms with Gasteiger partial charge in [-0.2, -0.15) is 0 Å². The van der Waals surface area contributed by atoms with Gasteiger partial charge in [0.05, 0.1) is 29.1 Å². The van der Waals surface area contributed by atoms with Crippen LogP contribution in [0.3, 0.4) is 0 Å². The summed E-state index contributed by atoms with van der Waals surface area (Å²) < 4.78 is 43.2. The Labute approximate surface area is 259 Å². The third kappa shape index (κ3) is 5.66. The van der Waals surface area contributed by atoms with Crippen molar-refractivity contribution >= 4 is 34.3 Å². The Morgan fingerprint density at radius 2 is 1.98 bits per heavy atom. The molecule has 2 aromatic heterocycles. The number of hydrogen-bond donors (Lipinski definition) is 1. The lowest BCUT2D eigenvalue weighted by molar-refractivity contribution is 0.0695. The van der Waals surface area contributed by atoms with Crippen molar-refractivity contribution in [2.45, 2.75) is 50.2 Å². The van der Waals surface area contributed by atoms with Crippen LogP contribution in [0.15, 0.2) is 58.7 Å². The molecule has 238 valence electrons. The minimum atomic E-state index is -1.56. The number of halogens is 2. The van der Waals surface area contributed by atoms with Gasteiger partial charge in [-0.05, 0) is 64.2 Å². The fourth-order valence-electron chi connectivity index (χ4n) is 6.25. The van der Waals surface area contributed by atoms with E-state index in [0.717, 1.165) is 31.4 Å². The average molecular weight is 623 g/mol. The minimum Gasteiger partial charge on any atom is -0.477 e. The number of ether oxygens (including phenoxy) is 2. The molecule has 1 N–H and O–H groups in total. The minimum absolute atomic E-state index is 0.0622. The van der Waals surface area contributed by atoms with Crippen molar-refractivity contribution in [1.29, 1.82) is 0 Å². The average Bonchev–Trinajstić information content (AvgIpc) is 3.35. The van der Waals surface area contributed by atoms with E-state index in [-0.39, 0.29) is 35.7 Å². The number of likely N-dealkylation sites (N-methyl/N-ethyl adjacent to an activating group) is 1. The van der Waals surface area contributed by atoms with Crippen molar-refractivity contribution in [3.8, 4) is 5.69 Å². The maximum atomic E-state index is 15.9. The summed E-state index contributed by atoms with van der Waals surface area (Å²) in [6, 6.07) is 6.36. The highest BCUT2D eigenvalue weighted by molar-refractivity contribution is 5.94. The number of methoxy groups -OCH3 is 1. The molecule has 2 unspecified atom stereocenters. The van der Waals surface area contributed by atoms with Crippen LogP contribution >= 0.6 is 0 Å². The molecule has 3 aromatic rings. The molecule has 0 bridgehead atoms. The summed E-state index contributed by atoms with van der Waals surface area (Å²) in [5.74, 6) is -1.39. The molecule has 45 heavy (non-hydrogen) atoms. The quantitative estimate of drug-likeness (QED) is 0.403. The Kier molecular flexibility index (Phi) is 8.31. The second-order valence-corrected chi connectivity index (χ2v) is 12.0. The molecule has 3 aliphatic heterocycles. The van der Waals surface area contributed by atoms with Gasteiger partial charge in [0.2, 0.25) is 17.5 Å². The summed E-state index contributed by atoms with van der Waals surface area (Å²) in [5.41, 5.74) is -0.172. The molecule has 0 saturated carbocycles. The Balaban J connectivity index is 1.35. The van der Waals surface area contributed by atoms with Crippen LogP contribution in [0.4, 0.5) is 20.3 Å². The van der Waals surface area contributed by atoms with Gasteiger partial charge >= 0.3 is 5.97 Å². The van der Waals surface area contributed by atoms with Gasteiger partial charge in [-0.1, -0.05) is 0 Å². The lowest BCUT2D eigenvalue weighted by Gasteiger charge is -2.43. The molecule has 1 aromatic carbocycles. The van der Waals surface area contributed by atoms with Gasteiger partial charge in [-0.25, -0.2) is 23.6 Å². The molecule has 2 fully saturated rings. The lowest BCUT2D eigenvalue weighted by Crippen LogP contribution is -2.57. The van der Waals surface area contributed by atoms with Gasteiger partial charge < -0.3 is 33.8 Å². The summed E-state index contributed by atoms with van der Waals surface area (Å²) >= 11 is 0. The van der Waals surface area contributed by atoms with Crippen LogP contribution in [0.25, 0.3) is 16.6 Å². The van der Waals surface area contributed by atoms with Crippen LogP contribution in [-0.2, 0) is 9.47 Å². The van der Waals surface area contributed by atoms with Gasteiger partial charge in [-0.3, -0.25) is 4.79 Å². The first-order chi connectivity index (χ1) is 21.6. The number of benzene rings is 1. The lowest BCUT2D eigenvalue weighted by atomic mass is 10.1. The maximum absolute atomic E-state index is 15.9. The normalized spacial score (nSPS) is 23.5. The van der Waals surface area contributed by atoms with Crippen LogP contribution in [0.5, 0.6) is 0 Å². The van der Waals surface area contributed by atoms with E-state index in [4.69, 9.17) is 9.47 Å². The number of aliphatic imine (C=N–C) groups is 1. The Hall–Kier alpha value is -4.36. The van der Waals surface area contributed by atoms with E-state index < -0.39 is 35.1 Å². The molecule has 3 aliphatic rings. The zero-order chi connectivity index (χ0) is 32.0. The van der Waals surface area contributed by atoms with Crippen LogP contribution in [0, 0.1) is 5.82 Å². The molecule has 13 heteroatoms. The first kappa shape index (κ1) is 30.7. The van der Waals surface area contributed by atoms with Gasteiger partial charge in [-0.15, -0.1) is 0 Å². The number of aromatic nitrogens is 2. The number of rotatable bonds is 8. The number of pyridine rings is 2. The highest BCUT2D eigenvalue weighted by Gasteiger charge is 2.36. The van der Waals surface area contributed by atoms with Gasteiger partial charge in [0.25, 0.3) is 0 Å². The number of fused-ring (bicyclic) bond motifs is 1. The maximum Gasteiger partial charge on any atom is 0.341 e. The van der Waals surface area contributed by atoms with E-state index in [9.17, 15) is 19.1 Å². The number of hydrogen-bond acceptors (Lipinski definition) is 9. The van der Waals surface area contributed by atoms with E-state index in [1.54, 1.807) is 22.9 Å². The number of nitrogens with zero attached hydrogens (tertiary/aromatic N) is 6. The smallest absolute Gasteiger partial charge is 0.341 e. The van der Waals surface area contributed by atoms with Crippen LogP contribution in [-0.4, -0.2) is 103 Å². The fourth-order valence-corrected chi connectivity index (χ4v) is 6.25. The highest BCUT2D eigenvalue weighted by Crippen LogP contribution is 2.35. The summed E-state index contributed by atoms with van der Waals surface area (Å²) in [6.45, 7) is 3.71. The molecule has 11 nitrogen and oxygen atoms in total. The van der Waals surface area contributed by atoms with E-state index in [1.165, 1.54) is 25.6 Å². The van der Waals surface area contributed by atoms with Crippen LogP contribution in [0.2, 0.25) is 0 Å². The summed E-state index contributed by atoms with van der Waals surface area (Å²) in [4.78, 5) is 40.1. The molecule has 0 aliphatic carbocycles. The Bertz CT molecular complexity index is 1720. The summed E-state index contributed by atoms with van der Waals surface area (Å²) in [5, 5.41) is 9.74. The number of alkyl halides is 1. The third-order valence-corrected chi connectivity index (χ3v) is 8.99. The molecule has 0 spiro atoms. The fraction of sp³-hybridized carbons (Fsp3) is 0.438. The number of carboxylic acids is 1. The van der Waals surface area contributed by atoms with Crippen molar-refractivity contribution in [3.63, 3.8) is 0 Å². The van der Waals surface area contributed by atoms with Crippen molar-refractivity contribution in [2.24, 2.45) is 4.99 Å². The van der Waals surface area contributed by atoms with Crippen LogP contribution in [0.1, 0.15) is 30.1 Å². The molecular weight excluding hydrogens is 586 g/mol. The number of aromatic carboxylic acids is 1. The van der Waals surface area contributed by atoms with Gasteiger partial charge in [0, 0.05) is 50.1 Å². The third-order valence-electron chi connectivity index (χ3n) is 8.99. The molecule has 0 amide bonds. The molecule has 5 heterocycles. The van der Waals surface area contributed by atoms with Crippen molar-refractivity contribution in [1.82, 2.24) is 14.5 Å². The van der Waals surface area contributed by atoms with Gasteiger partial charge in [0.1, 0.15) is 29.9 Å².